The summed E-state index contributed by atoms with van der Waals surface area (Å²) in [5.41, 5.74) is 0.952. The van der Waals surface area contributed by atoms with Gasteiger partial charge in [0.05, 0.1) is 7.11 Å². The van der Waals surface area contributed by atoms with E-state index in [1.165, 1.54) is 45.3 Å². The number of alkyl halides is 2. The molecule has 1 saturated carbocycles. The third-order valence-corrected chi connectivity index (χ3v) is 6.02. The van der Waals surface area contributed by atoms with Crippen molar-refractivity contribution in [1.29, 1.82) is 0 Å². The summed E-state index contributed by atoms with van der Waals surface area (Å²) in [6.45, 7) is -0.796. The number of aromatic nitrogens is 3. The van der Waals surface area contributed by atoms with Gasteiger partial charge in [0.25, 0.3) is 0 Å². The highest BCUT2D eigenvalue weighted by molar-refractivity contribution is 7.98. The van der Waals surface area contributed by atoms with Gasteiger partial charge in [-0.1, -0.05) is 17.8 Å². The molecule has 0 atom stereocenters. The first-order chi connectivity index (χ1) is 13.7. The molecule has 0 amide bonds. The maximum atomic E-state index is 12.5. The third-order valence-electron chi connectivity index (χ3n) is 5.01. The molecule has 6 nitrogen and oxygen atoms in total. The van der Waals surface area contributed by atoms with Crippen LogP contribution >= 0.6 is 11.8 Å². The predicted molar refractivity (Wildman–Crippen MR) is 104 cm³/mol. The van der Waals surface area contributed by atoms with Gasteiger partial charge < -0.3 is 14.4 Å². The molecule has 0 radical (unpaired) electrons. The van der Waals surface area contributed by atoms with E-state index in [1.54, 1.807) is 23.9 Å². The molecule has 1 aliphatic carbocycles. The van der Waals surface area contributed by atoms with Gasteiger partial charge in [-0.15, -0.1) is 10.2 Å². The molecule has 1 aromatic carbocycles. The van der Waals surface area contributed by atoms with E-state index in [4.69, 9.17) is 4.74 Å². The second kappa shape index (κ2) is 8.55. The number of rotatable bonds is 8. The van der Waals surface area contributed by atoms with Crippen molar-refractivity contribution in [3.05, 3.63) is 23.8 Å². The Morgan fingerprint density at radius 3 is 2.61 bits per heavy atom. The molecule has 2 aromatic rings. The number of piperidine rings is 1. The van der Waals surface area contributed by atoms with E-state index in [-0.39, 0.29) is 5.75 Å². The van der Waals surface area contributed by atoms with Gasteiger partial charge in [-0.05, 0) is 49.8 Å². The van der Waals surface area contributed by atoms with E-state index < -0.39 is 6.61 Å². The SMILES string of the molecule is COc1cc(CSc2nnc(N3CCCCC3)n2C2CC2)ccc1OC(F)F. The van der Waals surface area contributed by atoms with Crippen molar-refractivity contribution in [2.24, 2.45) is 0 Å². The summed E-state index contributed by atoms with van der Waals surface area (Å²) in [6.07, 6.45) is 6.02. The topological polar surface area (TPSA) is 52.4 Å². The maximum Gasteiger partial charge on any atom is 0.387 e. The molecule has 2 fully saturated rings. The lowest BCUT2D eigenvalue weighted by atomic mass is 10.1. The first-order valence-corrected chi connectivity index (χ1v) is 10.6. The number of hydrogen-bond donors (Lipinski definition) is 0. The summed E-state index contributed by atoms with van der Waals surface area (Å²) in [5.74, 6) is 1.98. The summed E-state index contributed by atoms with van der Waals surface area (Å²) in [4.78, 5) is 2.35. The van der Waals surface area contributed by atoms with E-state index in [0.717, 1.165) is 29.8 Å². The highest BCUT2D eigenvalue weighted by Gasteiger charge is 2.32. The van der Waals surface area contributed by atoms with E-state index >= 15 is 0 Å². The van der Waals surface area contributed by atoms with Gasteiger partial charge in [0, 0.05) is 24.9 Å². The molecule has 1 aliphatic heterocycles. The van der Waals surface area contributed by atoms with Crippen LogP contribution < -0.4 is 14.4 Å². The van der Waals surface area contributed by atoms with Crippen LogP contribution in [0.15, 0.2) is 23.4 Å². The van der Waals surface area contributed by atoms with Gasteiger partial charge in [0.15, 0.2) is 16.7 Å². The predicted octanol–water partition coefficient (Wildman–Crippen LogP) is 4.51. The van der Waals surface area contributed by atoms with Crippen molar-refractivity contribution in [2.45, 2.75) is 55.7 Å². The average molecular weight is 410 g/mol. The zero-order valence-electron chi connectivity index (χ0n) is 15.8. The quantitative estimate of drug-likeness (QED) is 0.597. The summed E-state index contributed by atoms with van der Waals surface area (Å²) in [5, 5.41) is 9.84. The Morgan fingerprint density at radius 2 is 1.93 bits per heavy atom. The minimum absolute atomic E-state index is 0.0415. The van der Waals surface area contributed by atoms with E-state index in [0.29, 0.717) is 17.5 Å². The second-order valence-electron chi connectivity index (χ2n) is 7.08. The Labute approximate surface area is 167 Å². The summed E-state index contributed by atoms with van der Waals surface area (Å²) in [6, 6.07) is 5.52. The molecule has 0 spiro atoms. The molecule has 28 heavy (non-hydrogen) atoms. The molecule has 2 heterocycles. The number of ether oxygens (including phenoxy) is 2. The van der Waals surface area contributed by atoms with Crippen LogP contribution in [0.4, 0.5) is 14.7 Å². The third kappa shape index (κ3) is 4.34. The highest BCUT2D eigenvalue weighted by Crippen LogP contribution is 2.42. The van der Waals surface area contributed by atoms with Crippen LogP contribution in [0.25, 0.3) is 0 Å². The summed E-state index contributed by atoms with van der Waals surface area (Å²) in [7, 11) is 1.44. The zero-order valence-corrected chi connectivity index (χ0v) is 16.6. The number of thioether (sulfide) groups is 1. The number of methoxy groups -OCH3 is 1. The molecule has 4 rings (SSSR count). The van der Waals surface area contributed by atoms with Gasteiger partial charge in [0.1, 0.15) is 0 Å². The van der Waals surface area contributed by atoms with Crippen molar-refractivity contribution in [2.75, 3.05) is 25.1 Å². The van der Waals surface area contributed by atoms with E-state index in [2.05, 4.69) is 24.4 Å². The van der Waals surface area contributed by atoms with Gasteiger partial charge in [-0.25, -0.2) is 0 Å². The van der Waals surface area contributed by atoms with Crippen LogP contribution in [0.2, 0.25) is 0 Å². The standard InChI is InChI=1S/C19H24F2N4O2S/c1-26-16-11-13(5-8-15(16)27-17(20)21)12-28-19-23-22-18(25(19)14-6-7-14)24-9-3-2-4-10-24/h5,8,11,14,17H,2-4,6-7,9-10,12H2,1H3. The van der Waals surface area contributed by atoms with E-state index in [1.807, 2.05) is 0 Å². The van der Waals surface area contributed by atoms with E-state index in [9.17, 15) is 8.78 Å². The molecule has 0 unspecified atom stereocenters. The Morgan fingerprint density at radius 1 is 1.14 bits per heavy atom. The fourth-order valence-electron chi connectivity index (χ4n) is 3.47. The smallest absolute Gasteiger partial charge is 0.387 e. The molecule has 0 N–H and O–H groups in total. The minimum atomic E-state index is -2.88. The fraction of sp³-hybridized carbons (Fsp3) is 0.579. The minimum Gasteiger partial charge on any atom is -0.493 e. The monoisotopic (exact) mass is 410 g/mol. The Balaban J connectivity index is 1.48. The number of nitrogens with zero attached hydrogens (tertiary/aromatic N) is 4. The number of anilines is 1. The number of hydrogen-bond acceptors (Lipinski definition) is 6. The van der Waals surface area contributed by atoms with Gasteiger partial charge in [-0.3, -0.25) is 4.57 Å². The molecule has 1 saturated heterocycles. The Hall–Kier alpha value is -2.03. The molecule has 2 aliphatic rings. The molecule has 1 aromatic heterocycles. The lowest BCUT2D eigenvalue weighted by molar-refractivity contribution is -0.0512. The molecule has 9 heteroatoms. The van der Waals surface area contributed by atoms with Crippen molar-refractivity contribution in [1.82, 2.24) is 14.8 Å². The molecule has 152 valence electrons. The zero-order chi connectivity index (χ0) is 19.5. The number of halogens is 2. The molecule has 0 bridgehead atoms. The maximum absolute atomic E-state index is 12.5. The first-order valence-electron chi connectivity index (χ1n) is 9.60. The van der Waals surface area contributed by atoms with Gasteiger partial charge in [0.2, 0.25) is 5.95 Å². The largest absolute Gasteiger partial charge is 0.493 e. The molecular weight excluding hydrogens is 386 g/mol. The average Bonchev–Trinajstić information content (AvgIpc) is 3.46. The second-order valence-corrected chi connectivity index (χ2v) is 8.03. The Bertz CT molecular complexity index is 807. The van der Waals surface area contributed by atoms with Crippen LogP contribution in [0.5, 0.6) is 11.5 Å². The summed E-state index contributed by atoms with van der Waals surface area (Å²) >= 11 is 1.61. The van der Waals surface area contributed by atoms with Gasteiger partial charge in [-0.2, -0.15) is 8.78 Å². The Kier molecular flexibility index (Phi) is 5.89. The van der Waals surface area contributed by atoms with Crippen LogP contribution in [-0.4, -0.2) is 41.6 Å². The number of benzene rings is 1. The van der Waals surface area contributed by atoms with Crippen molar-refractivity contribution in [3.8, 4) is 11.5 Å². The molecular formula is C19H24F2N4O2S. The van der Waals surface area contributed by atoms with Crippen LogP contribution in [-0.2, 0) is 5.75 Å². The van der Waals surface area contributed by atoms with Crippen molar-refractivity contribution >= 4 is 17.7 Å². The summed E-state index contributed by atoms with van der Waals surface area (Å²) < 4.78 is 36.9. The van der Waals surface area contributed by atoms with Crippen LogP contribution in [0.3, 0.4) is 0 Å². The van der Waals surface area contributed by atoms with Crippen LogP contribution in [0, 0.1) is 0 Å². The van der Waals surface area contributed by atoms with Gasteiger partial charge >= 0.3 is 6.61 Å². The lowest BCUT2D eigenvalue weighted by Gasteiger charge is -2.27. The van der Waals surface area contributed by atoms with Crippen molar-refractivity contribution in [3.63, 3.8) is 0 Å². The van der Waals surface area contributed by atoms with Crippen molar-refractivity contribution < 1.29 is 18.3 Å². The van der Waals surface area contributed by atoms with Crippen LogP contribution in [0.1, 0.15) is 43.7 Å². The lowest BCUT2D eigenvalue weighted by Crippen LogP contribution is -2.31. The first kappa shape index (κ1) is 19.3. The fourth-order valence-corrected chi connectivity index (χ4v) is 4.42. The highest BCUT2D eigenvalue weighted by atomic mass is 32.2. The normalized spacial score (nSPS) is 17.2.